The van der Waals surface area contributed by atoms with Crippen LogP contribution in [0.1, 0.15) is 5.76 Å². The summed E-state index contributed by atoms with van der Waals surface area (Å²) in [6, 6.07) is 3.37. The number of carboxylic acid groups (broad SMARTS) is 1. The second kappa shape index (κ2) is 3.39. The SMILES string of the molecule is O=C(O)/C=C\c1ccc(Br)o1. The lowest BCUT2D eigenvalue weighted by Crippen LogP contribution is -1.84. The van der Waals surface area contributed by atoms with Crippen LogP contribution in [-0.4, -0.2) is 11.1 Å². The van der Waals surface area contributed by atoms with Crippen molar-refractivity contribution in [3.8, 4) is 0 Å². The van der Waals surface area contributed by atoms with Gasteiger partial charge in [-0.05, 0) is 34.1 Å². The van der Waals surface area contributed by atoms with Crippen molar-refractivity contribution in [3.05, 3.63) is 28.6 Å². The Balaban J connectivity index is 2.71. The molecule has 0 unspecified atom stereocenters. The Morgan fingerprint density at radius 2 is 2.36 bits per heavy atom. The van der Waals surface area contributed by atoms with Crippen LogP contribution in [0.15, 0.2) is 27.3 Å². The molecule has 1 heterocycles. The van der Waals surface area contributed by atoms with Gasteiger partial charge in [0.05, 0.1) is 0 Å². The molecule has 0 fully saturated rings. The Morgan fingerprint density at radius 1 is 1.64 bits per heavy atom. The molecule has 4 heteroatoms. The molecule has 0 radical (unpaired) electrons. The van der Waals surface area contributed by atoms with Crippen LogP contribution >= 0.6 is 15.9 Å². The fraction of sp³-hybridized carbons (Fsp3) is 0. The third-order valence-electron chi connectivity index (χ3n) is 0.984. The van der Waals surface area contributed by atoms with Crippen molar-refractivity contribution in [3.63, 3.8) is 0 Å². The number of hydrogen-bond donors (Lipinski definition) is 1. The highest BCUT2D eigenvalue weighted by Crippen LogP contribution is 2.14. The molecular weight excluding hydrogens is 212 g/mol. The highest BCUT2D eigenvalue weighted by molar-refractivity contribution is 9.10. The van der Waals surface area contributed by atoms with Crippen molar-refractivity contribution in [2.24, 2.45) is 0 Å². The number of furan rings is 1. The van der Waals surface area contributed by atoms with Crippen LogP contribution in [0, 0.1) is 0 Å². The first-order chi connectivity index (χ1) is 5.18. The average molecular weight is 217 g/mol. The zero-order valence-electron chi connectivity index (χ0n) is 5.45. The van der Waals surface area contributed by atoms with Crippen LogP contribution in [0.25, 0.3) is 6.08 Å². The van der Waals surface area contributed by atoms with Crippen LogP contribution in [-0.2, 0) is 4.79 Å². The summed E-state index contributed by atoms with van der Waals surface area (Å²) in [5.74, 6) is -0.475. The lowest BCUT2D eigenvalue weighted by molar-refractivity contribution is -0.131. The number of carboxylic acids is 1. The van der Waals surface area contributed by atoms with Gasteiger partial charge in [0.2, 0.25) is 0 Å². The van der Waals surface area contributed by atoms with Gasteiger partial charge in [-0.1, -0.05) is 0 Å². The van der Waals surface area contributed by atoms with Gasteiger partial charge in [0.15, 0.2) is 4.67 Å². The lowest BCUT2D eigenvalue weighted by atomic mass is 10.4. The van der Waals surface area contributed by atoms with E-state index in [2.05, 4.69) is 15.9 Å². The molecule has 0 aliphatic heterocycles. The molecule has 1 N–H and O–H groups in total. The maximum Gasteiger partial charge on any atom is 0.328 e. The third-order valence-corrected chi connectivity index (χ3v) is 1.41. The summed E-state index contributed by atoms with van der Waals surface area (Å²) in [5.41, 5.74) is 0. The number of aliphatic carboxylic acids is 1. The monoisotopic (exact) mass is 216 g/mol. The van der Waals surface area contributed by atoms with Gasteiger partial charge in [-0.15, -0.1) is 0 Å². The van der Waals surface area contributed by atoms with Crippen molar-refractivity contribution in [2.75, 3.05) is 0 Å². The molecule has 1 aromatic rings. The van der Waals surface area contributed by atoms with E-state index in [4.69, 9.17) is 9.52 Å². The molecule has 0 aliphatic rings. The van der Waals surface area contributed by atoms with Gasteiger partial charge in [0.25, 0.3) is 0 Å². The van der Waals surface area contributed by atoms with E-state index < -0.39 is 5.97 Å². The minimum Gasteiger partial charge on any atom is -0.478 e. The molecule has 0 atom stereocenters. The summed E-state index contributed by atoms with van der Waals surface area (Å²) >= 11 is 3.09. The number of halogens is 1. The average Bonchev–Trinajstić information content (AvgIpc) is 2.31. The molecule has 1 rings (SSSR count). The van der Waals surface area contributed by atoms with Crippen molar-refractivity contribution in [1.82, 2.24) is 0 Å². The van der Waals surface area contributed by atoms with Crippen LogP contribution in [0.5, 0.6) is 0 Å². The summed E-state index contributed by atoms with van der Waals surface area (Å²) in [5, 5.41) is 8.24. The van der Waals surface area contributed by atoms with E-state index in [-0.39, 0.29) is 0 Å². The van der Waals surface area contributed by atoms with Crippen molar-refractivity contribution >= 4 is 28.0 Å². The van der Waals surface area contributed by atoms with Gasteiger partial charge < -0.3 is 9.52 Å². The number of rotatable bonds is 2. The maximum absolute atomic E-state index is 10.0. The Hall–Kier alpha value is -1.03. The normalized spacial score (nSPS) is 10.6. The zero-order valence-corrected chi connectivity index (χ0v) is 7.04. The smallest absolute Gasteiger partial charge is 0.328 e. The first kappa shape index (κ1) is 8.07. The van der Waals surface area contributed by atoms with E-state index in [1.165, 1.54) is 6.08 Å². The van der Waals surface area contributed by atoms with E-state index in [1.807, 2.05) is 0 Å². The molecule has 0 saturated carbocycles. The molecule has 0 bridgehead atoms. The minimum atomic E-state index is -0.988. The Bertz CT molecular complexity index is 288. The first-order valence-corrected chi connectivity index (χ1v) is 3.64. The maximum atomic E-state index is 10.0. The molecule has 0 amide bonds. The summed E-state index contributed by atoms with van der Waals surface area (Å²) < 4.78 is 5.59. The Kier molecular flexibility index (Phi) is 2.48. The fourth-order valence-corrected chi connectivity index (χ4v) is 0.890. The predicted octanol–water partition coefficient (Wildman–Crippen LogP) is 2.14. The highest BCUT2D eigenvalue weighted by Gasteiger charge is 1.94. The summed E-state index contributed by atoms with van der Waals surface area (Å²) in [4.78, 5) is 10.0. The van der Waals surface area contributed by atoms with E-state index in [0.29, 0.717) is 10.4 Å². The fourth-order valence-electron chi connectivity index (χ4n) is 0.571. The van der Waals surface area contributed by atoms with E-state index in [1.54, 1.807) is 12.1 Å². The van der Waals surface area contributed by atoms with E-state index in [0.717, 1.165) is 6.08 Å². The highest BCUT2D eigenvalue weighted by atomic mass is 79.9. The van der Waals surface area contributed by atoms with Crippen molar-refractivity contribution in [1.29, 1.82) is 0 Å². The second-order valence-electron chi connectivity index (χ2n) is 1.81. The minimum absolute atomic E-state index is 0.513. The molecular formula is C7H5BrO3. The third kappa shape index (κ3) is 2.59. The Morgan fingerprint density at radius 3 is 2.82 bits per heavy atom. The van der Waals surface area contributed by atoms with E-state index in [9.17, 15) is 4.79 Å². The largest absolute Gasteiger partial charge is 0.478 e. The number of hydrogen-bond acceptors (Lipinski definition) is 2. The Labute approximate surface area is 71.5 Å². The quantitative estimate of drug-likeness (QED) is 0.772. The predicted molar refractivity (Wildman–Crippen MR) is 43.1 cm³/mol. The van der Waals surface area contributed by atoms with Gasteiger partial charge in [-0.25, -0.2) is 4.79 Å². The molecule has 0 aromatic carbocycles. The van der Waals surface area contributed by atoms with Crippen LogP contribution < -0.4 is 0 Å². The molecule has 3 nitrogen and oxygen atoms in total. The van der Waals surface area contributed by atoms with Gasteiger partial charge in [0.1, 0.15) is 5.76 Å². The molecule has 0 aliphatic carbocycles. The topological polar surface area (TPSA) is 50.4 Å². The van der Waals surface area contributed by atoms with Crippen molar-refractivity contribution < 1.29 is 14.3 Å². The standard InChI is InChI=1S/C7H5BrO3/c8-6-3-1-5(11-6)2-4-7(9)10/h1-4H,(H,9,10)/b4-2-. The number of carbonyl (C=O) groups is 1. The molecule has 58 valence electrons. The second-order valence-corrected chi connectivity index (χ2v) is 2.60. The molecule has 11 heavy (non-hydrogen) atoms. The van der Waals surface area contributed by atoms with Gasteiger partial charge in [-0.2, -0.15) is 0 Å². The first-order valence-electron chi connectivity index (χ1n) is 2.85. The van der Waals surface area contributed by atoms with Gasteiger partial charge in [-0.3, -0.25) is 0 Å². The molecule has 0 spiro atoms. The summed E-state index contributed by atoms with van der Waals surface area (Å²) in [6.45, 7) is 0. The summed E-state index contributed by atoms with van der Waals surface area (Å²) in [6.07, 6.45) is 2.40. The molecule has 0 saturated heterocycles. The zero-order chi connectivity index (χ0) is 8.27. The van der Waals surface area contributed by atoms with Gasteiger partial charge in [0, 0.05) is 6.08 Å². The van der Waals surface area contributed by atoms with Crippen LogP contribution in [0.4, 0.5) is 0 Å². The van der Waals surface area contributed by atoms with Crippen LogP contribution in [0.2, 0.25) is 0 Å². The van der Waals surface area contributed by atoms with E-state index >= 15 is 0 Å². The van der Waals surface area contributed by atoms with Crippen LogP contribution in [0.3, 0.4) is 0 Å². The van der Waals surface area contributed by atoms with Crippen molar-refractivity contribution in [2.45, 2.75) is 0 Å². The van der Waals surface area contributed by atoms with Gasteiger partial charge >= 0.3 is 5.97 Å². The summed E-state index contributed by atoms with van der Waals surface area (Å²) in [7, 11) is 0. The lowest BCUT2D eigenvalue weighted by Gasteiger charge is -1.81. The molecule has 1 aromatic heterocycles.